The molecule has 3 rings (SSSR count). The standard InChI is InChI=1S/C17H23N3O4S/c1-13-17(14(2)24-19-13)25(21,22)18-10-16-12-20(8-9-23-16)11-15-6-4-3-5-7-15/h3-7,16,18H,8-12H2,1-2H3. The number of aromatic nitrogens is 1. The summed E-state index contributed by atoms with van der Waals surface area (Å²) >= 11 is 0. The van der Waals surface area contributed by atoms with Gasteiger partial charge >= 0.3 is 0 Å². The van der Waals surface area contributed by atoms with Crippen molar-refractivity contribution in [1.29, 1.82) is 0 Å². The summed E-state index contributed by atoms with van der Waals surface area (Å²) in [6, 6.07) is 10.2. The van der Waals surface area contributed by atoms with Crippen LogP contribution in [0.25, 0.3) is 0 Å². The number of morpholine rings is 1. The minimum absolute atomic E-state index is 0.115. The van der Waals surface area contributed by atoms with Crippen molar-refractivity contribution in [3.63, 3.8) is 0 Å². The first-order valence-electron chi connectivity index (χ1n) is 8.26. The van der Waals surface area contributed by atoms with Gasteiger partial charge in [0.1, 0.15) is 10.6 Å². The second-order valence-electron chi connectivity index (χ2n) is 6.22. The number of nitrogens with zero attached hydrogens (tertiary/aromatic N) is 2. The number of aryl methyl sites for hydroxylation is 2. The maximum atomic E-state index is 12.5. The van der Waals surface area contributed by atoms with Gasteiger partial charge in [0.15, 0.2) is 5.76 Å². The molecule has 1 aromatic carbocycles. The van der Waals surface area contributed by atoms with Crippen molar-refractivity contribution in [3.8, 4) is 0 Å². The number of rotatable bonds is 6. The minimum Gasteiger partial charge on any atom is -0.374 e. The summed E-state index contributed by atoms with van der Waals surface area (Å²) < 4.78 is 38.2. The highest BCUT2D eigenvalue weighted by molar-refractivity contribution is 7.89. The van der Waals surface area contributed by atoms with E-state index in [1.165, 1.54) is 5.56 Å². The van der Waals surface area contributed by atoms with E-state index in [-0.39, 0.29) is 17.5 Å². The zero-order valence-electron chi connectivity index (χ0n) is 14.4. The van der Waals surface area contributed by atoms with E-state index in [1.54, 1.807) is 13.8 Å². The number of hydrogen-bond acceptors (Lipinski definition) is 6. The smallest absolute Gasteiger partial charge is 0.246 e. The number of hydrogen-bond donors (Lipinski definition) is 1. The summed E-state index contributed by atoms with van der Waals surface area (Å²) in [7, 11) is -3.66. The Morgan fingerprint density at radius 2 is 2.04 bits per heavy atom. The van der Waals surface area contributed by atoms with Gasteiger partial charge in [-0.2, -0.15) is 0 Å². The zero-order chi connectivity index (χ0) is 17.9. The minimum atomic E-state index is -3.66. The molecule has 1 aliphatic rings. The molecule has 8 heteroatoms. The van der Waals surface area contributed by atoms with E-state index in [4.69, 9.17) is 9.26 Å². The van der Waals surface area contributed by atoms with Crippen molar-refractivity contribution in [3.05, 3.63) is 47.3 Å². The summed E-state index contributed by atoms with van der Waals surface area (Å²) in [5, 5.41) is 3.70. The highest BCUT2D eigenvalue weighted by atomic mass is 32.2. The molecule has 2 heterocycles. The quantitative estimate of drug-likeness (QED) is 0.834. The Bertz CT molecular complexity index is 785. The molecule has 7 nitrogen and oxygen atoms in total. The molecule has 136 valence electrons. The van der Waals surface area contributed by atoms with Crippen LogP contribution in [0, 0.1) is 13.8 Å². The maximum absolute atomic E-state index is 12.5. The van der Waals surface area contributed by atoms with Gasteiger partial charge < -0.3 is 9.26 Å². The molecule has 2 aromatic rings. The molecular weight excluding hydrogens is 342 g/mol. The second-order valence-corrected chi connectivity index (χ2v) is 7.92. The summed E-state index contributed by atoms with van der Waals surface area (Å²) in [4.78, 5) is 2.39. The van der Waals surface area contributed by atoms with Gasteiger partial charge in [-0.1, -0.05) is 35.5 Å². The van der Waals surface area contributed by atoms with Crippen LogP contribution in [0.2, 0.25) is 0 Å². The molecule has 0 radical (unpaired) electrons. The fraction of sp³-hybridized carbons (Fsp3) is 0.471. The van der Waals surface area contributed by atoms with Crippen LogP contribution in [0.3, 0.4) is 0 Å². The SMILES string of the molecule is Cc1noc(C)c1S(=O)(=O)NCC1CN(Cc2ccccc2)CCO1. The molecule has 0 saturated carbocycles. The van der Waals surface area contributed by atoms with Crippen molar-refractivity contribution in [2.24, 2.45) is 0 Å². The van der Waals surface area contributed by atoms with E-state index in [9.17, 15) is 8.42 Å². The van der Waals surface area contributed by atoms with Crippen LogP contribution < -0.4 is 4.72 Å². The molecule has 0 spiro atoms. The van der Waals surface area contributed by atoms with Gasteiger partial charge in [-0.3, -0.25) is 4.90 Å². The molecule has 1 saturated heterocycles. The summed E-state index contributed by atoms with van der Waals surface area (Å²) in [5.41, 5.74) is 1.60. The lowest BCUT2D eigenvalue weighted by Gasteiger charge is -2.33. The van der Waals surface area contributed by atoms with Gasteiger partial charge in [-0.25, -0.2) is 13.1 Å². The number of nitrogens with one attached hydrogen (secondary N) is 1. The van der Waals surface area contributed by atoms with E-state index in [2.05, 4.69) is 26.9 Å². The largest absolute Gasteiger partial charge is 0.374 e. The molecule has 0 bridgehead atoms. The van der Waals surface area contributed by atoms with Gasteiger partial charge in [-0.15, -0.1) is 0 Å². The first-order chi connectivity index (χ1) is 12.0. The highest BCUT2D eigenvalue weighted by Gasteiger charge is 2.27. The van der Waals surface area contributed by atoms with Crippen LogP contribution >= 0.6 is 0 Å². The average Bonchev–Trinajstić information content (AvgIpc) is 2.94. The molecule has 1 atom stereocenters. The van der Waals surface area contributed by atoms with Crippen molar-refractivity contribution in [2.75, 3.05) is 26.2 Å². The highest BCUT2D eigenvalue weighted by Crippen LogP contribution is 2.19. The zero-order valence-corrected chi connectivity index (χ0v) is 15.3. The topological polar surface area (TPSA) is 84.7 Å². The Hall–Kier alpha value is -1.74. The van der Waals surface area contributed by atoms with Crippen LogP contribution in [-0.4, -0.2) is 50.8 Å². The fourth-order valence-electron chi connectivity index (χ4n) is 3.02. The molecule has 25 heavy (non-hydrogen) atoms. The van der Waals surface area contributed by atoms with Gasteiger partial charge in [0, 0.05) is 26.2 Å². The molecular formula is C17H23N3O4S. The summed E-state index contributed by atoms with van der Waals surface area (Å²) in [6.45, 7) is 6.36. The summed E-state index contributed by atoms with van der Waals surface area (Å²) in [6.07, 6.45) is -0.187. The van der Waals surface area contributed by atoms with Crippen molar-refractivity contribution in [2.45, 2.75) is 31.4 Å². The van der Waals surface area contributed by atoms with E-state index < -0.39 is 10.0 Å². The third kappa shape index (κ3) is 4.46. The number of ether oxygens (including phenoxy) is 1. The molecule has 1 aliphatic heterocycles. The van der Waals surface area contributed by atoms with Crippen molar-refractivity contribution < 1.29 is 17.7 Å². The van der Waals surface area contributed by atoms with E-state index in [1.807, 2.05) is 18.2 Å². The van der Waals surface area contributed by atoms with Crippen LogP contribution in [0.1, 0.15) is 17.0 Å². The van der Waals surface area contributed by atoms with Crippen molar-refractivity contribution >= 4 is 10.0 Å². The van der Waals surface area contributed by atoms with Crippen molar-refractivity contribution in [1.82, 2.24) is 14.8 Å². The lowest BCUT2D eigenvalue weighted by molar-refractivity contribution is -0.0276. The molecule has 1 N–H and O–H groups in total. The third-order valence-electron chi connectivity index (χ3n) is 4.21. The Morgan fingerprint density at radius 3 is 2.72 bits per heavy atom. The van der Waals surface area contributed by atoms with Crippen LogP contribution in [-0.2, 0) is 21.3 Å². The number of sulfonamides is 1. The molecule has 1 fully saturated rings. The monoisotopic (exact) mass is 365 g/mol. The Kier molecular flexibility index (Phi) is 5.53. The van der Waals surface area contributed by atoms with Gasteiger partial charge in [0.2, 0.25) is 10.0 Å². The third-order valence-corrected chi connectivity index (χ3v) is 5.88. The average molecular weight is 365 g/mol. The van der Waals surface area contributed by atoms with Crippen LogP contribution in [0.4, 0.5) is 0 Å². The summed E-state index contributed by atoms with van der Waals surface area (Å²) in [5.74, 6) is 0.292. The van der Waals surface area contributed by atoms with Gasteiger partial charge in [0.25, 0.3) is 0 Å². The molecule has 1 unspecified atom stereocenters. The van der Waals surface area contributed by atoms with E-state index >= 15 is 0 Å². The predicted molar refractivity (Wildman–Crippen MR) is 92.6 cm³/mol. The normalized spacial score (nSPS) is 19.2. The Morgan fingerprint density at radius 1 is 1.28 bits per heavy atom. The van der Waals surface area contributed by atoms with Gasteiger partial charge in [0.05, 0.1) is 12.7 Å². The maximum Gasteiger partial charge on any atom is 0.246 e. The fourth-order valence-corrected chi connectivity index (χ4v) is 4.41. The first-order valence-corrected chi connectivity index (χ1v) is 9.74. The molecule has 1 aromatic heterocycles. The first kappa shape index (κ1) is 18.1. The van der Waals surface area contributed by atoms with Crippen LogP contribution in [0.15, 0.2) is 39.8 Å². The van der Waals surface area contributed by atoms with Gasteiger partial charge in [-0.05, 0) is 19.4 Å². The van der Waals surface area contributed by atoms with E-state index in [0.29, 0.717) is 24.6 Å². The second kappa shape index (κ2) is 7.65. The lowest BCUT2D eigenvalue weighted by atomic mass is 10.2. The predicted octanol–water partition coefficient (Wildman–Crippen LogP) is 1.47. The molecule has 0 amide bonds. The van der Waals surface area contributed by atoms with E-state index in [0.717, 1.165) is 13.1 Å². The lowest BCUT2D eigenvalue weighted by Crippen LogP contribution is -2.47. The van der Waals surface area contributed by atoms with Crippen LogP contribution in [0.5, 0.6) is 0 Å². The number of benzene rings is 1. The molecule has 0 aliphatic carbocycles. The Balaban J connectivity index is 1.58. The Labute approximate surface area is 148 Å².